The second kappa shape index (κ2) is 5.58. The Morgan fingerprint density at radius 2 is 1.71 bits per heavy atom. The predicted octanol–water partition coefficient (Wildman–Crippen LogP) is 1.32. The molecule has 3 heteroatoms. The summed E-state index contributed by atoms with van der Waals surface area (Å²) in [6.45, 7) is 4.61. The Morgan fingerprint density at radius 1 is 1.12 bits per heavy atom. The highest BCUT2D eigenvalue weighted by atomic mass is 28.1. The molecule has 0 aromatic heterocycles. The molecule has 0 radical (unpaired) electrons. The van der Waals surface area contributed by atoms with Crippen LogP contribution in [-0.2, 0) is 0 Å². The van der Waals surface area contributed by atoms with E-state index in [0.717, 1.165) is 10.2 Å². The molecule has 1 aromatic carbocycles. The lowest BCUT2D eigenvalue weighted by molar-refractivity contribution is 0.735. The second-order valence-corrected chi connectivity index (χ2v) is 6.34. The minimum atomic E-state index is 0.639. The summed E-state index contributed by atoms with van der Waals surface area (Å²) in [5, 5.41) is 1.54. The van der Waals surface area contributed by atoms with Crippen molar-refractivity contribution in [3.8, 4) is 0 Å². The molecule has 1 unspecified atom stereocenters. The lowest BCUT2D eigenvalue weighted by Crippen LogP contribution is -2.24. The summed E-state index contributed by atoms with van der Waals surface area (Å²) >= 11 is 0. The zero-order chi connectivity index (χ0) is 13.2. The van der Waals surface area contributed by atoms with Gasteiger partial charge in [-0.15, -0.1) is 0 Å². The Hall–Kier alpha value is -0.963. The van der Waals surface area contributed by atoms with E-state index in [0.29, 0.717) is 5.92 Å². The number of benzene rings is 1. The van der Waals surface area contributed by atoms with Gasteiger partial charge in [0.2, 0.25) is 0 Å². The highest BCUT2D eigenvalue weighted by Gasteiger charge is 2.18. The van der Waals surface area contributed by atoms with E-state index in [9.17, 15) is 0 Å². The van der Waals surface area contributed by atoms with E-state index in [1.54, 1.807) is 5.56 Å². The summed E-state index contributed by atoms with van der Waals surface area (Å²) in [5.41, 5.74) is 4.28. The first-order chi connectivity index (χ1) is 7.90. The SMILES string of the molecule is CCC(C)c1c([SiH3])ccc(N(C)C)c1N(C)C. The molecule has 1 aromatic rings. The maximum Gasteiger partial charge on any atom is 0.0632 e. The molecule has 0 saturated carbocycles. The van der Waals surface area contributed by atoms with Crippen molar-refractivity contribution < 1.29 is 0 Å². The van der Waals surface area contributed by atoms with Gasteiger partial charge in [0.15, 0.2) is 0 Å². The monoisotopic (exact) mass is 250 g/mol. The van der Waals surface area contributed by atoms with Gasteiger partial charge in [0.1, 0.15) is 0 Å². The molecule has 2 nitrogen and oxygen atoms in total. The van der Waals surface area contributed by atoms with E-state index in [-0.39, 0.29) is 0 Å². The van der Waals surface area contributed by atoms with Crippen LogP contribution in [0, 0.1) is 0 Å². The van der Waals surface area contributed by atoms with Crippen molar-refractivity contribution in [3.05, 3.63) is 17.7 Å². The highest BCUT2D eigenvalue weighted by molar-refractivity contribution is 6.34. The minimum absolute atomic E-state index is 0.639. The van der Waals surface area contributed by atoms with Crippen molar-refractivity contribution in [1.29, 1.82) is 0 Å². The molecule has 0 amide bonds. The van der Waals surface area contributed by atoms with Crippen LogP contribution in [0.15, 0.2) is 12.1 Å². The summed E-state index contributed by atoms with van der Waals surface area (Å²) in [6, 6.07) is 4.56. The number of nitrogens with zero attached hydrogens (tertiary/aromatic N) is 2. The predicted molar refractivity (Wildman–Crippen MR) is 83.4 cm³/mol. The largest absolute Gasteiger partial charge is 0.376 e. The Morgan fingerprint density at radius 3 is 2.12 bits per heavy atom. The third-order valence-corrected chi connectivity index (χ3v) is 4.32. The number of hydrogen-bond acceptors (Lipinski definition) is 2. The van der Waals surface area contributed by atoms with E-state index in [4.69, 9.17) is 0 Å². The van der Waals surface area contributed by atoms with Crippen LogP contribution in [0.2, 0.25) is 0 Å². The molecule has 1 atom stereocenters. The molecule has 0 N–H and O–H groups in total. The third-order valence-electron chi connectivity index (χ3n) is 3.45. The Labute approximate surface area is 109 Å². The van der Waals surface area contributed by atoms with Crippen molar-refractivity contribution in [1.82, 2.24) is 0 Å². The molecule has 0 aliphatic carbocycles. The molecule has 0 fully saturated rings. The topological polar surface area (TPSA) is 6.48 Å². The summed E-state index contributed by atoms with van der Waals surface area (Å²) in [6.07, 6.45) is 1.20. The van der Waals surface area contributed by atoms with Gasteiger partial charge in [-0.05, 0) is 24.0 Å². The quantitative estimate of drug-likeness (QED) is 0.744. The molecule has 17 heavy (non-hydrogen) atoms. The maximum absolute atomic E-state index is 2.34. The molecule has 1 rings (SSSR count). The fourth-order valence-electron chi connectivity index (χ4n) is 2.35. The van der Waals surface area contributed by atoms with Gasteiger partial charge in [0.25, 0.3) is 0 Å². The number of hydrogen-bond donors (Lipinski definition) is 0. The van der Waals surface area contributed by atoms with E-state index in [1.165, 1.54) is 23.0 Å². The molecule has 0 aliphatic heterocycles. The average Bonchev–Trinajstić information content (AvgIpc) is 2.26. The maximum atomic E-state index is 2.34. The van der Waals surface area contributed by atoms with E-state index in [1.807, 2.05) is 0 Å². The van der Waals surface area contributed by atoms with Crippen LogP contribution in [0.25, 0.3) is 0 Å². The van der Waals surface area contributed by atoms with Gasteiger partial charge in [0, 0.05) is 38.4 Å². The van der Waals surface area contributed by atoms with Crippen LogP contribution in [0.3, 0.4) is 0 Å². The van der Waals surface area contributed by atoms with Crippen molar-refractivity contribution in [3.63, 3.8) is 0 Å². The number of rotatable bonds is 4. The first-order valence-corrected chi connectivity index (χ1v) is 7.38. The van der Waals surface area contributed by atoms with Crippen LogP contribution in [0.5, 0.6) is 0 Å². The molecule has 0 heterocycles. The summed E-state index contributed by atoms with van der Waals surface area (Å²) < 4.78 is 0. The molecular formula is C14H26N2Si. The zero-order valence-electron chi connectivity index (χ0n) is 12.3. The van der Waals surface area contributed by atoms with Crippen molar-refractivity contribution in [2.24, 2.45) is 0 Å². The average molecular weight is 250 g/mol. The van der Waals surface area contributed by atoms with Gasteiger partial charge >= 0.3 is 0 Å². The van der Waals surface area contributed by atoms with E-state index >= 15 is 0 Å². The van der Waals surface area contributed by atoms with Crippen LogP contribution < -0.4 is 15.0 Å². The fourth-order valence-corrected chi connectivity index (χ4v) is 3.25. The summed E-state index contributed by atoms with van der Waals surface area (Å²) in [4.78, 5) is 4.47. The molecule has 0 aliphatic rings. The molecule has 0 saturated heterocycles. The first kappa shape index (κ1) is 14.1. The Kier molecular flexibility index (Phi) is 4.63. The molecule has 0 bridgehead atoms. The number of anilines is 2. The van der Waals surface area contributed by atoms with Crippen LogP contribution in [0.1, 0.15) is 31.7 Å². The van der Waals surface area contributed by atoms with Gasteiger partial charge < -0.3 is 9.80 Å². The van der Waals surface area contributed by atoms with E-state index in [2.05, 4.69) is 64.0 Å². The van der Waals surface area contributed by atoms with Gasteiger partial charge in [-0.2, -0.15) is 0 Å². The lowest BCUT2D eigenvalue weighted by Gasteiger charge is -2.29. The molecule has 96 valence electrons. The molecule has 0 spiro atoms. The van der Waals surface area contributed by atoms with Gasteiger partial charge in [-0.25, -0.2) is 0 Å². The standard InChI is InChI=1S/C14H26N2Si/c1-7-10(2)13-12(17)9-8-11(15(3)4)14(13)16(5)6/h8-10H,7H2,1-6,17H3. The first-order valence-electron chi connectivity index (χ1n) is 6.38. The van der Waals surface area contributed by atoms with Gasteiger partial charge in [-0.3, -0.25) is 0 Å². The normalized spacial score (nSPS) is 12.6. The zero-order valence-corrected chi connectivity index (χ0v) is 14.3. The van der Waals surface area contributed by atoms with Crippen LogP contribution in [0.4, 0.5) is 11.4 Å². The van der Waals surface area contributed by atoms with Gasteiger partial charge in [0.05, 0.1) is 11.4 Å². The smallest absolute Gasteiger partial charge is 0.0632 e. The van der Waals surface area contributed by atoms with E-state index < -0.39 is 0 Å². The summed E-state index contributed by atoms with van der Waals surface area (Å²) in [7, 11) is 9.66. The third kappa shape index (κ3) is 2.83. The Bertz CT molecular complexity index is 386. The van der Waals surface area contributed by atoms with Crippen molar-refractivity contribution >= 4 is 26.8 Å². The minimum Gasteiger partial charge on any atom is -0.376 e. The lowest BCUT2D eigenvalue weighted by atomic mass is 9.95. The summed E-state index contributed by atoms with van der Waals surface area (Å²) in [5.74, 6) is 0.639. The van der Waals surface area contributed by atoms with Crippen molar-refractivity contribution in [2.45, 2.75) is 26.2 Å². The molecular weight excluding hydrogens is 224 g/mol. The van der Waals surface area contributed by atoms with Crippen LogP contribution >= 0.6 is 0 Å². The van der Waals surface area contributed by atoms with Crippen LogP contribution in [-0.4, -0.2) is 38.4 Å². The van der Waals surface area contributed by atoms with Crippen molar-refractivity contribution in [2.75, 3.05) is 38.0 Å². The Balaban J connectivity index is 3.48. The van der Waals surface area contributed by atoms with Gasteiger partial charge in [-0.1, -0.05) is 25.1 Å². The fraction of sp³-hybridized carbons (Fsp3) is 0.571. The second-order valence-electron chi connectivity index (χ2n) is 5.26. The highest BCUT2D eigenvalue weighted by Crippen LogP contribution is 2.34.